The highest BCUT2D eigenvalue weighted by molar-refractivity contribution is 6.44. The second-order valence-corrected chi connectivity index (χ2v) is 3.91. The molecule has 0 saturated heterocycles. The van der Waals surface area contributed by atoms with Gasteiger partial charge >= 0.3 is 0 Å². The van der Waals surface area contributed by atoms with Crippen LogP contribution in [-0.4, -0.2) is 11.6 Å². The smallest absolute Gasteiger partial charge is 0.202 e. The molecular formula is C8H12O2. The first-order valence-electron chi connectivity index (χ1n) is 3.50. The lowest BCUT2D eigenvalue weighted by atomic mass is 9.67. The first-order valence-corrected chi connectivity index (χ1v) is 3.50. The topological polar surface area (TPSA) is 34.1 Å². The van der Waals surface area contributed by atoms with Gasteiger partial charge in [-0.1, -0.05) is 20.8 Å². The van der Waals surface area contributed by atoms with Crippen molar-refractivity contribution in [2.75, 3.05) is 0 Å². The summed E-state index contributed by atoms with van der Waals surface area (Å²) in [6, 6.07) is 0. The lowest BCUT2D eigenvalue weighted by Crippen LogP contribution is -2.44. The molecule has 2 heteroatoms. The van der Waals surface area contributed by atoms with Gasteiger partial charge in [-0.15, -0.1) is 0 Å². The van der Waals surface area contributed by atoms with Crippen LogP contribution in [0.15, 0.2) is 0 Å². The van der Waals surface area contributed by atoms with Crippen molar-refractivity contribution in [2.24, 2.45) is 11.3 Å². The normalized spacial score (nSPS) is 26.5. The molecule has 0 N–H and O–H groups in total. The van der Waals surface area contributed by atoms with E-state index in [0.29, 0.717) is 6.42 Å². The number of hydrogen-bond acceptors (Lipinski definition) is 2. The van der Waals surface area contributed by atoms with Crippen molar-refractivity contribution in [1.82, 2.24) is 0 Å². The van der Waals surface area contributed by atoms with E-state index in [9.17, 15) is 9.59 Å². The number of carbonyl (C=O) groups is 2. The van der Waals surface area contributed by atoms with Crippen LogP contribution in [0.1, 0.15) is 27.2 Å². The van der Waals surface area contributed by atoms with Gasteiger partial charge in [0.05, 0.1) is 0 Å². The van der Waals surface area contributed by atoms with Gasteiger partial charge in [0.2, 0.25) is 5.78 Å². The van der Waals surface area contributed by atoms with Crippen LogP contribution < -0.4 is 0 Å². The van der Waals surface area contributed by atoms with Crippen molar-refractivity contribution in [3.05, 3.63) is 0 Å². The molecule has 56 valence electrons. The van der Waals surface area contributed by atoms with Gasteiger partial charge < -0.3 is 0 Å². The first kappa shape index (κ1) is 7.45. The molecular weight excluding hydrogens is 128 g/mol. The fourth-order valence-electron chi connectivity index (χ4n) is 1.14. The molecule has 1 saturated carbocycles. The Kier molecular flexibility index (Phi) is 1.42. The minimum Gasteiger partial charge on any atom is -0.291 e. The summed E-state index contributed by atoms with van der Waals surface area (Å²) in [5, 5.41) is 0. The fourth-order valence-corrected chi connectivity index (χ4v) is 1.14. The van der Waals surface area contributed by atoms with Gasteiger partial charge in [-0.2, -0.15) is 0 Å². The summed E-state index contributed by atoms with van der Waals surface area (Å²) in [6.07, 6.45) is 0.461. The van der Waals surface area contributed by atoms with E-state index in [2.05, 4.69) is 0 Å². The van der Waals surface area contributed by atoms with Gasteiger partial charge in [-0.3, -0.25) is 9.59 Å². The summed E-state index contributed by atoms with van der Waals surface area (Å²) in [7, 11) is 0. The highest BCUT2D eigenvalue weighted by Crippen LogP contribution is 2.36. The van der Waals surface area contributed by atoms with Crippen LogP contribution in [-0.2, 0) is 9.59 Å². The van der Waals surface area contributed by atoms with Crippen LogP contribution in [0.5, 0.6) is 0 Å². The third-order valence-corrected chi connectivity index (χ3v) is 2.03. The Labute approximate surface area is 60.6 Å². The van der Waals surface area contributed by atoms with Gasteiger partial charge in [0, 0.05) is 12.3 Å². The molecule has 10 heavy (non-hydrogen) atoms. The van der Waals surface area contributed by atoms with Gasteiger partial charge in [0.1, 0.15) is 0 Å². The number of Topliss-reactive ketones (excluding diaryl/α,β-unsaturated/α-hetero) is 2. The molecule has 1 rings (SSSR count). The van der Waals surface area contributed by atoms with Crippen molar-refractivity contribution >= 4 is 11.6 Å². The standard InChI is InChI=1S/C8H12O2/c1-8(2,3)5-4-6(9)7(5)10/h5H,4H2,1-3H3/t5-/m0/s1. The largest absolute Gasteiger partial charge is 0.291 e. The maximum absolute atomic E-state index is 10.9. The zero-order valence-corrected chi connectivity index (χ0v) is 6.60. The second kappa shape index (κ2) is 1.91. The molecule has 0 heterocycles. The fraction of sp³-hybridized carbons (Fsp3) is 0.750. The molecule has 1 atom stereocenters. The number of ketones is 2. The average Bonchev–Trinajstić information content (AvgIpc) is 1.79. The molecule has 0 bridgehead atoms. The monoisotopic (exact) mass is 140 g/mol. The molecule has 1 aliphatic carbocycles. The minimum atomic E-state index is -0.195. The van der Waals surface area contributed by atoms with Crippen LogP contribution >= 0.6 is 0 Å². The van der Waals surface area contributed by atoms with Crippen LogP contribution in [0.4, 0.5) is 0 Å². The maximum atomic E-state index is 10.9. The van der Waals surface area contributed by atoms with Crippen molar-refractivity contribution in [1.29, 1.82) is 0 Å². The lowest BCUT2D eigenvalue weighted by molar-refractivity contribution is -0.150. The molecule has 0 aromatic rings. The van der Waals surface area contributed by atoms with Crippen LogP contribution in [0.25, 0.3) is 0 Å². The van der Waals surface area contributed by atoms with E-state index in [1.165, 1.54) is 0 Å². The first-order chi connectivity index (χ1) is 4.43. The van der Waals surface area contributed by atoms with Crippen molar-refractivity contribution in [3.63, 3.8) is 0 Å². The SMILES string of the molecule is CC(C)(C)[C@H]1CC(=O)C1=O. The molecule has 1 aliphatic rings. The molecule has 0 radical (unpaired) electrons. The Balaban J connectivity index is 2.65. The summed E-state index contributed by atoms with van der Waals surface area (Å²) < 4.78 is 0. The Bertz CT molecular complexity index is 186. The zero-order chi connectivity index (χ0) is 7.94. The summed E-state index contributed by atoms with van der Waals surface area (Å²) in [5.74, 6) is -0.382. The minimum absolute atomic E-state index is 0.0139. The van der Waals surface area contributed by atoms with Crippen LogP contribution in [0, 0.1) is 11.3 Å². The number of rotatable bonds is 0. The zero-order valence-electron chi connectivity index (χ0n) is 6.60. The molecule has 0 aromatic carbocycles. The predicted molar refractivity (Wildman–Crippen MR) is 37.6 cm³/mol. The van der Waals surface area contributed by atoms with E-state index in [0.717, 1.165) is 0 Å². The summed E-state index contributed by atoms with van der Waals surface area (Å²) in [6.45, 7) is 5.96. The van der Waals surface area contributed by atoms with Gasteiger partial charge in [-0.25, -0.2) is 0 Å². The average molecular weight is 140 g/mol. The molecule has 0 unspecified atom stereocenters. The van der Waals surface area contributed by atoms with E-state index >= 15 is 0 Å². The lowest BCUT2D eigenvalue weighted by Gasteiger charge is -2.34. The Morgan fingerprint density at radius 3 is 1.90 bits per heavy atom. The molecule has 0 aliphatic heterocycles. The molecule has 0 amide bonds. The Hall–Kier alpha value is -0.660. The molecule has 1 fully saturated rings. The summed E-state index contributed by atoms with van der Waals surface area (Å²) in [4.78, 5) is 21.4. The molecule has 0 spiro atoms. The van der Waals surface area contributed by atoms with E-state index in [1.54, 1.807) is 0 Å². The van der Waals surface area contributed by atoms with E-state index in [1.807, 2.05) is 20.8 Å². The van der Waals surface area contributed by atoms with Gasteiger partial charge in [-0.05, 0) is 5.41 Å². The second-order valence-electron chi connectivity index (χ2n) is 3.91. The van der Waals surface area contributed by atoms with E-state index < -0.39 is 0 Å². The van der Waals surface area contributed by atoms with E-state index in [4.69, 9.17) is 0 Å². The van der Waals surface area contributed by atoms with Crippen LogP contribution in [0.2, 0.25) is 0 Å². The highest BCUT2D eigenvalue weighted by Gasteiger charge is 2.44. The van der Waals surface area contributed by atoms with E-state index in [-0.39, 0.29) is 22.9 Å². The number of hydrogen-bond donors (Lipinski definition) is 0. The maximum Gasteiger partial charge on any atom is 0.202 e. The third kappa shape index (κ3) is 0.981. The molecule has 2 nitrogen and oxygen atoms in total. The third-order valence-electron chi connectivity index (χ3n) is 2.03. The number of carbonyl (C=O) groups excluding carboxylic acids is 2. The van der Waals surface area contributed by atoms with Crippen LogP contribution in [0.3, 0.4) is 0 Å². The van der Waals surface area contributed by atoms with Crippen molar-refractivity contribution in [2.45, 2.75) is 27.2 Å². The van der Waals surface area contributed by atoms with Gasteiger partial charge in [0.25, 0.3) is 0 Å². The quantitative estimate of drug-likeness (QED) is 0.474. The summed E-state index contributed by atoms with van der Waals surface area (Å²) >= 11 is 0. The molecule has 0 aromatic heterocycles. The predicted octanol–water partition coefficient (Wildman–Crippen LogP) is 1.19. The van der Waals surface area contributed by atoms with Crippen molar-refractivity contribution < 1.29 is 9.59 Å². The highest BCUT2D eigenvalue weighted by atomic mass is 16.2. The Morgan fingerprint density at radius 2 is 1.80 bits per heavy atom. The van der Waals surface area contributed by atoms with Crippen molar-refractivity contribution in [3.8, 4) is 0 Å². The Morgan fingerprint density at radius 1 is 1.30 bits per heavy atom. The van der Waals surface area contributed by atoms with Gasteiger partial charge in [0.15, 0.2) is 5.78 Å². The summed E-state index contributed by atoms with van der Waals surface area (Å²) in [5.41, 5.74) is -0.0228.